The normalized spacial score (nSPS) is 12.5. The van der Waals surface area contributed by atoms with Crippen molar-refractivity contribution >= 4 is 10.9 Å². The van der Waals surface area contributed by atoms with Gasteiger partial charge in [-0.3, -0.25) is 9.36 Å². The fourth-order valence-electron chi connectivity index (χ4n) is 2.59. The van der Waals surface area contributed by atoms with Gasteiger partial charge >= 0.3 is 0 Å². The number of benzene rings is 2. The van der Waals surface area contributed by atoms with Crippen LogP contribution in [0.2, 0.25) is 0 Å². The quantitative estimate of drug-likeness (QED) is 0.711. The van der Waals surface area contributed by atoms with E-state index in [1.807, 2.05) is 68.4 Å². The van der Waals surface area contributed by atoms with E-state index in [0.717, 1.165) is 16.9 Å². The van der Waals surface area contributed by atoms with Gasteiger partial charge in [0.25, 0.3) is 5.56 Å². The third-order valence-corrected chi connectivity index (χ3v) is 3.65. The van der Waals surface area contributed by atoms with Gasteiger partial charge in [0.2, 0.25) is 0 Å². The Morgan fingerprint density at radius 1 is 1.00 bits per heavy atom. The third-order valence-electron chi connectivity index (χ3n) is 3.65. The minimum atomic E-state index is -0.0270. The summed E-state index contributed by atoms with van der Waals surface area (Å²) < 4.78 is 1.76. The number of aromatic nitrogens is 2. The van der Waals surface area contributed by atoms with Gasteiger partial charge in [-0.2, -0.15) is 0 Å². The molecule has 2 aromatic carbocycles. The maximum atomic E-state index is 12.7. The van der Waals surface area contributed by atoms with Crippen molar-refractivity contribution in [3.63, 3.8) is 0 Å². The lowest BCUT2D eigenvalue weighted by Gasteiger charge is -2.18. The van der Waals surface area contributed by atoms with Gasteiger partial charge in [0.05, 0.1) is 16.9 Å². The predicted octanol–water partition coefficient (Wildman–Crippen LogP) is 3.31. The summed E-state index contributed by atoms with van der Waals surface area (Å²) >= 11 is 0. The number of fused-ring (bicyclic) bond motifs is 1. The molecule has 0 aliphatic rings. The third kappa shape index (κ3) is 2.01. The zero-order valence-electron chi connectivity index (χ0n) is 11.6. The Bertz CT molecular complexity index is 806. The van der Waals surface area contributed by atoms with Crippen molar-refractivity contribution in [2.75, 3.05) is 0 Å². The summed E-state index contributed by atoms with van der Waals surface area (Å²) in [5, 5.41) is 0.667. The van der Waals surface area contributed by atoms with Gasteiger partial charge in [0.1, 0.15) is 5.82 Å². The van der Waals surface area contributed by atoms with Crippen LogP contribution >= 0.6 is 0 Å². The van der Waals surface area contributed by atoms with Crippen LogP contribution in [0, 0.1) is 6.92 Å². The van der Waals surface area contributed by atoms with E-state index >= 15 is 0 Å². The van der Waals surface area contributed by atoms with Gasteiger partial charge in [-0.15, -0.1) is 0 Å². The molecule has 0 N–H and O–H groups in total. The largest absolute Gasteiger partial charge is 0.289 e. The molecule has 0 radical (unpaired) electrons. The molecule has 0 aliphatic heterocycles. The Kier molecular flexibility index (Phi) is 3.11. The van der Waals surface area contributed by atoms with E-state index in [0.29, 0.717) is 5.39 Å². The van der Waals surface area contributed by atoms with Crippen LogP contribution in [-0.2, 0) is 0 Å². The van der Waals surface area contributed by atoms with E-state index in [-0.39, 0.29) is 11.6 Å². The molecule has 0 aliphatic carbocycles. The smallest absolute Gasteiger partial charge is 0.261 e. The summed E-state index contributed by atoms with van der Waals surface area (Å²) in [5.74, 6) is 0.741. The molecule has 20 heavy (non-hydrogen) atoms. The lowest BCUT2D eigenvalue weighted by atomic mass is 10.1. The van der Waals surface area contributed by atoms with Gasteiger partial charge in [-0.25, -0.2) is 4.98 Å². The Morgan fingerprint density at radius 2 is 1.65 bits per heavy atom. The first kappa shape index (κ1) is 12.6. The molecule has 100 valence electrons. The van der Waals surface area contributed by atoms with E-state index in [1.165, 1.54) is 0 Å². The zero-order chi connectivity index (χ0) is 14.1. The number of rotatable bonds is 2. The number of aryl methyl sites for hydroxylation is 1. The van der Waals surface area contributed by atoms with Crippen molar-refractivity contribution in [2.24, 2.45) is 0 Å². The molecule has 3 heteroatoms. The molecule has 1 aromatic heterocycles. The van der Waals surface area contributed by atoms with Crippen LogP contribution in [-0.4, -0.2) is 9.55 Å². The highest BCUT2D eigenvalue weighted by Gasteiger charge is 2.14. The highest BCUT2D eigenvalue weighted by molar-refractivity contribution is 5.77. The summed E-state index contributed by atoms with van der Waals surface area (Å²) in [6.45, 7) is 3.91. The Labute approximate surface area is 117 Å². The monoisotopic (exact) mass is 264 g/mol. The summed E-state index contributed by atoms with van der Waals surface area (Å²) in [4.78, 5) is 17.2. The minimum Gasteiger partial charge on any atom is -0.289 e. The second-order valence-corrected chi connectivity index (χ2v) is 4.94. The average Bonchev–Trinajstić information content (AvgIpc) is 2.48. The second kappa shape index (κ2) is 4.93. The molecule has 1 unspecified atom stereocenters. The van der Waals surface area contributed by atoms with Crippen LogP contribution in [0.5, 0.6) is 0 Å². The number of nitrogens with zero attached hydrogens (tertiary/aromatic N) is 2. The topological polar surface area (TPSA) is 34.9 Å². The molecule has 0 spiro atoms. The summed E-state index contributed by atoms with van der Waals surface area (Å²) in [6.07, 6.45) is 0. The molecule has 0 amide bonds. The van der Waals surface area contributed by atoms with E-state index in [1.54, 1.807) is 4.57 Å². The molecule has 1 heterocycles. The lowest BCUT2D eigenvalue weighted by molar-refractivity contribution is 0.588. The summed E-state index contributed by atoms with van der Waals surface area (Å²) in [7, 11) is 0. The van der Waals surface area contributed by atoms with E-state index in [9.17, 15) is 4.79 Å². The molecule has 3 aromatic rings. The van der Waals surface area contributed by atoms with Crippen molar-refractivity contribution < 1.29 is 0 Å². The molecule has 1 atom stereocenters. The first-order valence-corrected chi connectivity index (χ1v) is 6.71. The number of hydrogen-bond donors (Lipinski definition) is 0. The molecule has 0 saturated heterocycles. The molecule has 0 fully saturated rings. The highest BCUT2D eigenvalue weighted by Crippen LogP contribution is 2.18. The Balaban J connectivity index is 2.24. The van der Waals surface area contributed by atoms with Gasteiger partial charge < -0.3 is 0 Å². The van der Waals surface area contributed by atoms with Crippen LogP contribution in [0.25, 0.3) is 10.9 Å². The molecule has 3 nitrogen and oxygen atoms in total. The summed E-state index contributed by atoms with van der Waals surface area (Å²) in [6, 6.07) is 17.5. The van der Waals surface area contributed by atoms with E-state index < -0.39 is 0 Å². The average molecular weight is 264 g/mol. The van der Waals surface area contributed by atoms with E-state index in [2.05, 4.69) is 4.98 Å². The van der Waals surface area contributed by atoms with Gasteiger partial charge in [0, 0.05) is 0 Å². The maximum absolute atomic E-state index is 12.7. The molecule has 0 bridgehead atoms. The van der Waals surface area contributed by atoms with Crippen LogP contribution in [0.4, 0.5) is 0 Å². The van der Waals surface area contributed by atoms with E-state index in [4.69, 9.17) is 0 Å². The standard InChI is InChI=1S/C17H16N2O/c1-12(14-8-4-3-5-9-14)19-13(2)18-16-11-7-6-10-15(16)17(19)20/h3-12H,1-2H3. The molecule has 0 saturated carbocycles. The van der Waals surface area contributed by atoms with Gasteiger partial charge in [-0.05, 0) is 31.5 Å². The molecule has 3 rings (SSSR count). The van der Waals surface area contributed by atoms with Crippen LogP contribution in [0.15, 0.2) is 59.4 Å². The molecular formula is C17H16N2O. The van der Waals surface area contributed by atoms with Crippen molar-refractivity contribution in [2.45, 2.75) is 19.9 Å². The van der Waals surface area contributed by atoms with Crippen molar-refractivity contribution in [1.29, 1.82) is 0 Å². The second-order valence-electron chi connectivity index (χ2n) is 4.94. The minimum absolute atomic E-state index is 0.0180. The fraction of sp³-hybridized carbons (Fsp3) is 0.176. The zero-order valence-corrected chi connectivity index (χ0v) is 11.6. The van der Waals surface area contributed by atoms with Crippen LogP contribution < -0.4 is 5.56 Å². The predicted molar refractivity (Wildman–Crippen MR) is 81.0 cm³/mol. The first-order chi connectivity index (χ1) is 9.68. The fourth-order valence-corrected chi connectivity index (χ4v) is 2.59. The van der Waals surface area contributed by atoms with Crippen molar-refractivity contribution in [3.05, 3.63) is 76.3 Å². The highest BCUT2D eigenvalue weighted by atomic mass is 16.1. The Morgan fingerprint density at radius 3 is 2.40 bits per heavy atom. The maximum Gasteiger partial charge on any atom is 0.261 e. The molecular weight excluding hydrogens is 248 g/mol. The Hall–Kier alpha value is -2.42. The van der Waals surface area contributed by atoms with Crippen molar-refractivity contribution in [1.82, 2.24) is 9.55 Å². The van der Waals surface area contributed by atoms with Gasteiger partial charge in [-0.1, -0.05) is 42.5 Å². The van der Waals surface area contributed by atoms with Crippen LogP contribution in [0.1, 0.15) is 24.4 Å². The summed E-state index contributed by atoms with van der Waals surface area (Å²) in [5.41, 5.74) is 1.88. The van der Waals surface area contributed by atoms with Crippen LogP contribution in [0.3, 0.4) is 0 Å². The lowest BCUT2D eigenvalue weighted by Crippen LogP contribution is -2.27. The number of hydrogen-bond acceptors (Lipinski definition) is 2. The van der Waals surface area contributed by atoms with Crippen molar-refractivity contribution in [3.8, 4) is 0 Å². The number of para-hydroxylation sites is 1. The first-order valence-electron chi connectivity index (χ1n) is 6.71. The SMILES string of the molecule is Cc1nc2ccccc2c(=O)n1C(C)c1ccccc1. The van der Waals surface area contributed by atoms with Gasteiger partial charge in [0.15, 0.2) is 0 Å².